The summed E-state index contributed by atoms with van der Waals surface area (Å²) in [7, 11) is 0. The molecule has 1 amide bonds. The van der Waals surface area contributed by atoms with E-state index in [-0.39, 0.29) is 5.91 Å². The van der Waals surface area contributed by atoms with Gasteiger partial charge in [-0.3, -0.25) is 9.78 Å². The molecule has 1 saturated heterocycles. The zero-order chi connectivity index (χ0) is 13.8. The van der Waals surface area contributed by atoms with Crippen molar-refractivity contribution >= 4 is 17.7 Å². The van der Waals surface area contributed by atoms with Gasteiger partial charge in [-0.1, -0.05) is 36.4 Å². The highest BCUT2D eigenvalue weighted by atomic mass is 32.2. The van der Waals surface area contributed by atoms with Gasteiger partial charge in [0.1, 0.15) is 5.69 Å². The van der Waals surface area contributed by atoms with E-state index in [1.165, 1.54) is 5.56 Å². The summed E-state index contributed by atoms with van der Waals surface area (Å²) in [5.41, 5.74) is 1.82. The lowest BCUT2D eigenvalue weighted by molar-refractivity contribution is 0.0755. The summed E-state index contributed by atoms with van der Waals surface area (Å²) in [6.07, 6.45) is 1.67. The van der Waals surface area contributed by atoms with Crippen LogP contribution in [0, 0.1) is 0 Å². The fourth-order valence-electron chi connectivity index (χ4n) is 2.35. The number of aromatic nitrogens is 1. The van der Waals surface area contributed by atoms with Gasteiger partial charge in [-0.15, -0.1) is 0 Å². The highest BCUT2D eigenvalue weighted by Crippen LogP contribution is 2.33. The minimum atomic E-state index is 0.0341. The van der Waals surface area contributed by atoms with Gasteiger partial charge in [0, 0.05) is 30.3 Å². The molecular weight excluding hydrogens is 268 g/mol. The van der Waals surface area contributed by atoms with Crippen molar-refractivity contribution in [3.05, 3.63) is 66.0 Å². The predicted molar refractivity (Wildman–Crippen MR) is 81.8 cm³/mol. The molecule has 1 fully saturated rings. The Bertz CT molecular complexity index is 574. The standard InChI is InChI=1S/C16H16N2OS/c19-16(14-8-4-5-9-17-14)18-10-11-20-15(12-18)13-6-2-1-3-7-13/h1-9,15H,10-12H2. The second-order valence-corrected chi connectivity index (χ2v) is 6.05. The lowest BCUT2D eigenvalue weighted by Gasteiger charge is -2.32. The van der Waals surface area contributed by atoms with E-state index in [4.69, 9.17) is 0 Å². The molecule has 1 unspecified atom stereocenters. The average molecular weight is 284 g/mol. The van der Waals surface area contributed by atoms with E-state index in [1.54, 1.807) is 12.3 Å². The van der Waals surface area contributed by atoms with Crippen LogP contribution in [0.15, 0.2) is 54.7 Å². The molecule has 102 valence electrons. The second kappa shape index (κ2) is 6.09. The minimum absolute atomic E-state index is 0.0341. The molecule has 2 heterocycles. The van der Waals surface area contributed by atoms with Crippen LogP contribution in [0.2, 0.25) is 0 Å². The number of amides is 1. The first-order valence-corrected chi connectivity index (χ1v) is 7.76. The number of thioether (sulfide) groups is 1. The summed E-state index contributed by atoms with van der Waals surface area (Å²) >= 11 is 1.92. The van der Waals surface area contributed by atoms with Crippen LogP contribution in [-0.2, 0) is 0 Å². The molecule has 0 saturated carbocycles. The highest BCUT2D eigenvalue weighted by Gasteiger charge is 2.26. The zero-order valence-electron chi connectivity index (χ0n) is 11.1. The Morgan fingerprint density at radius 1 is 1.15 bits per heavy atom. The van der Waals surface area contributed by atoms with Crippen LogP contribution < -0.4 is 0 Å². The Morgan fingerprint density at radius 3 is 2.70 bits per heavy atom. The third-order valence-corrected chi connectivity index (χ3v) is 4.65. The molecule has 20 heavy (non-hydrogen) atoms. The van der Waals surface area contributed by atoms with Crippen LogP contribution in [0.1, 0.15) is 21.3 Å². The summed E-state index contributed by atoms with van der Waals surface area (Å²) < 4.78 is 0. The fourth-order valence-corrected chi connectivity index (χ4v) is 3.60. The molecule has 0 spiro atoms. The number of pyridine rings is 1. The predicted octanol–water partition coefficient (Wildman–Crippen LogP) is 3.01. The number of carbonyl (C=O) groups is 1. The summed E-state index contributed by atoms with van der Waals surface area (Å²) in [5.74, 6) is 1.00. The smallest absolute Gasteiger partial charge is 0.272 e. The van der Waals surface area contributed by atoms with Gasteiger partial charge in [-0.25, -0.2) is 0 Å². The van der Waals surface area contributed by atoms with Crippen molar-refractivity contribution in [1.29, 1.82) is 0 Å². The average Bonchev–Trinajstić information content (AvgIpc) is 2.56. The molecule has 0 radical (unpaired) electrons. The highest BCUT2D eigenvalue weighted by molar-refractivity contribution is 7.99. The van der Waals surface area contributed by atoms with Crippen LogP contribution in [0.25, 0.3) is 0 Å². The molecule has 2 aromatic rings. The molecule has 0 bridgehead atoms. The van der Waals surface area contributed by atoms with Crippen molar-refractivity contribution in [1.82, 2.24) is 9.88 Å². The SMILES string of the molecule is O=C(c1ccccn1)N1CCSC(c2ccccc2)C1. The maximum atomic E-state index is 12.4. The van der Waals surface area contributed by atoms with E-state index in [0.717, 1.165) is 18.8 Å². The molecule has 0 aliphatic carbocycles. The van der Waals surface area contributed by atoms with Crippen molar-refractivity contribution < 1.29 is 4.79 Å². The molecule has 1 aromatic heterocycles. The Kier molecular flexibility index (Phi) is 4.02. The minimum Gasteiger partial charge on any atom is -0.335 e. The lowest BCUT2D eigenvalue weighted by Crippen LogP contribution is -2.39. The summed E-state index contributed by atoms with van der Waals surface area (Å²) in [6.45, 7) is 1.55. The van der Waals surface area contributed by atoms with Gasteiger partial charge in [0.15, 0.2) is 0 Å². The number of rotatable bonds is 2. The Hall–Kier alpha value is -1.81. The number of benzene rings is 1. The second-order valence-electron chi connectivity index (χ2n) is 4.74. The first-order valence-electron chi connectivity index (χ1n) is 6.71. The van der Waals surface area contributed by atoms with Crippen LogP contribution in [-0.4, -0.2) is 34.6 Å². The van der Waals surface area contributed by atoms with Crippen LogP contribution >= 0.6 is 11.8 Å². The molecule has 1 aliphatic rings. The molecule has 0 N–H and O–H groups in total. The Balaban J connectivity index is 1.74. The molecular formula is C16H16N2OS. The van der Waals surface area contributed by atoms with Crippen LogP contribution in [0.4, 0.5) is 0 Å². The summed E-state index contributed by atoms with van der Waals surface area (Å²) in [6, 6.07) is 15.8. The molecule has 1 atom stereocenters. The third kappa shape index (κ3) is 2.85. The zero-order valence-corrected chi connectivity index (χ0v) is 11.9. The number of hydrogen-bond donors (Lipinski definition) is 0. The monoisotopic (exact) mass is 284 g/mol. The van der Waals surface area contributed by atoms with Gasteiger partial charge in [-0.05, 0) is 17.7 Å². The van der Waals surface area contributed by atoms with Crippen LogP contribution in [0.3, 0.4) is 0 Å². The van der Waals surface area contributed by atoms with Gasteiger partial charge in [0.2, 0.25) is 0 Å². The van der Waals surface area contributed by atoms with E-state index in [1.807, 2.05) is 34.9 Å². The van der Waals surface area contributed by atoms with E-state index in [0.29, 0.717) is 10.9 Å². The maximum Gasteiger partial charge on any atom is 0.272 e. The molecule has 1 aromatic carbocycles. The van der Waals surface area contributed by atoms with Crippen molar-refractivity contribution in [2.45, 2.75) is 5.25 Å². The van der Waals surface area contributed by atoms with Crippen molar-refractivity contribution in [3.8, 4) is 0 Å². The molecule has 3 rings (SSSR count). The Labute approximate surface area is 123 Å². The molecule has 1 aliphatic heterocycles. The van der Waals surface area contributed by atoms with E-state index in [2.05, 4.69) is 29.2 Å². The van der Waals surface area contributed by atoms with Gasteiger partial charge in [0.05, 0.1) is 0 Å². The third-order valence-electron chi connectivity index (χ3n) is 3.41. The summed E-state index contributed by atoms with van der Waals surface area (Å²) in [4.78, 5) is 18.5. The number of hydrogen-bond acceptors (Lipinski definition) is 3. The first kappa shape index (κ1) is 13.2. The first-order chi connectivity index (χ1) is 9.84. The van der Waals surface area contributed by atoms with Gasteiger partial charge < -0.3 is 4.90 Å². The van der Waals surface area contributed by atoms with Gasteiger partial charge in [-0.2, -0.15) is 11.8 Å². The molecule has 3 nitrogen and oxygen atoms in total. The van der Waals surface area contributed by atoms with Crippen molar-refractivity contribution in [3.63, 3.8) is 0 Å². The van der Waals surface area contributed by atoms with E-state index in [9.17, 15) is 4.79 Å². The van der Waals surface area contributed by atoms with Crippen LogP contribution in [0.5, 0.6) is 0 Å². The van der Waals surface area contributed by atoms with Crippen molar-refractivity contribution in [2.75, 3.05) is 18.8 Å². The summed E-state index contributed by atoms with van der Waals surface area (Å²) in [5, 5.41) is 0.359. The lowest BCUT2D eigenvalue weighted by atomic mass is 10.1. The largest absolute Gasteiger partial charge is 0.335 e. The normalized spacial score (nSPS) is 18.8. The Morgan fingerprint density at radius 2 is 1.95 bits per heavy atom. The number of carbonyl (C=O) groups excluding carboxylic acids is 1. The van der Waals surface area contributed by atoms with Crippen molar-refractivity contribution in [2.24, 2.45) is 0 Å². The van der Waals surface area contributed by atoms with E-state index >= 15 is 0 Å². The topological polar surface area (TPSA) is 33.2 Å². The van der Waals surface area contributed by atoms with Gasteiger partial charge in [0.25, 0.3) is 5.91 Å². The quantitative estimate of drug-likeness (QED) is 0.850. The van der Waals surface area contributed by atoms with E-state index < -0.39 is 0 Å². The molecule has 4 heteroatoms. The number of nitrogens with zero attached hydrogens (tertiary/aromatic N) is 2. The fraction of sp³-hybridized carbons (Fsp3) is 0.250. The van der Waals surface area contributed by atoms with Gasteiger partial charge >= 0.3 is 0 Å². The maximum absolute atomic E-state index is 12.4.